The van der Waals surface area contributed by atoms with Crippen LogP contribution in [-0.4, -0.2) is 45.8 Å². The maximum Gasteiger partial charge on any atom is 0.159 e. The van der Waals surface area contributed by atoms with Crippen molar-refractivity contribution in [3.05, 3.63) is 29.7 Å². The Bertz CT molecular complexity index is 593. The summed E-state index contributed by atoms with van der Waals surface area (Å²) >= 11 is 0. The van der Waals surface area contributed by atoms with E-state index >= 15 is 0 Å². The van der Waals surface area contributed by atoms with Gasteiger partial charge in [0.25, 0.3) is 0 Å². The molecule has 0 unspecified atom stereocenters. The molecular weight excluding hydrogens is 252 g/mol. The Labute approximate surface area is 119 Å². The molecule has 0 radical (unpaired) electrons. The largest absolute Gasteiger partial charge is 0.379 e. The number of rotatable bonds is 2. The fourth-order valence-corrected chi connectivity index (χ4v) is 2.65. The van der Waals surface area contributed by atoms with Gasteiger partial charge in [-0.1, -0.05) is 26.8 Å². The van der Waals surface area contributed by atoms with Gasteiger partial charge in [-0.15, -0.1) is 0 Å². The molecular formula is C15H22N4O. The summed E-state index contributed by atoms with van der Waals surface area (Å²) in [7, 11) is 0. The molecule has 0 aromatic carbocycles. The molecule has 0 N–H and O–H groups in total. The summed E-state index contributed by atoms with van der Waals surface area (Å²) in [5, 5.41) is 4.41. The maximum atomic E-state index is 5.40. The normalized spacial score (nSPS) is 17.8. The zero-order valence-electron chi connectivity index (χ0n) is 12.5. The van der Waals surface area contributed by atoms with E-state index in [0.29, 0.717) is 0 Å². The van der Waals surface area contributed by atoms with Crippen LogP contribution in [0.15, 0.2) is 18.5 Å². The van der Waals surface area contributed by atoms with E-state index in [-0.39, 0.29) is 5.41 Å². The smallest absolute Gasteiger partial charge is 0.159 e. The Morgan fingerprint density at radius 1 is 1.20 bits per heavy atom. The summed E-state index contributed by atoms with van der Waals surface area (Å²) in [5.41, 5.74) is 3.47. The molecule has 20 heavy (non-hydrogen) atoms. The zero-order chi connectivity index (χ0) is 14.2. The van der Waals surface area contributed by atoms with Crippen molar-refractivity contribution in [2.75, 3.05) is 26.3 Å². The lowest BCUT2D eigenvalue weighted by molar-refractivity contribution is 0.0334. The highest BCUT2D eigenvalue weighted by atomic mass is 16.5. The van der Waals surface area contributed by atoms with Gasteiger partial charge >= 0.3 is 0 Å². The molecule has 1 saturated heterocycles. The maximum absolute atomic E-state index is 5.40. The van der Waals surface area contributed by atoms with Gasteiger partial charge in [0.15, 0.2) is 5.65 Å². The molecule has 2 aromatic heterocycles. The molecule has 0 amide bonds. The van der Waals surface area contributed by atoms with E-state index in [1.165, 1.54) is 11.3 Å². The molecule has 0 aliphatic carbocycles. The average Bonchev–Trinajstić information content (AvgIpc) is 2.88. The fraction of sp³-hybridized carbons (Fsp3) is 0.600. The molecule has 5 nitrogen and oxygen atoms in total. The number of nitrogens with zero attached hydrogens (tertiary/aromatic N) is 4. The Kier molecular flexibility index (Phi) is 3.48. The zero-order valence-corrected chi connectivity index (χ0v) is 12.5. The minimum absolute atomic E-state index is 0.0752. The molecule has 2 aromatic rings. The number of aromatic nitrogens is 3. The minimum Gasteiger partial charge on any atom is -0.379 e. The van der Waals surface area contributed by atoms with Crippen LogP contribution in [0, 0.1) is 0 Å². The van der Waals surface area contributed by atoms with Crippen molar-refractivity contribution in [3.63, 3.8) is 0 Å². The third kappa shape index (κ3) is 2.55. The van der Waals surface area contributed by atoms with Crippen LogP contribution < -0.4 is 0 Å². The molecule has 1 fully saturated rings. The van der Waals surface area contributed by atoms with Crippen molar-refractivity contribution >= 4 is 5.65 Å². The van der Waals surface area contributed by atoms with E-state index in [9.17, 15) is 0 Å². The van der Waals surface area contributed by atoms with Crippen LogP contribution in [0.25, 0.3) is 5.65 Å². The molecule has 0 atom stereocenters. The molecule has 3 heterocycles. The molecule has 5 heteroatoms. The Morgan fingerprint density at radius 3 is 2.65 bits per heavy atom. The van der Waals surface area contributed by atoms with Crippen molar-refractivity contribution in [2.45, 2.75) is 32.7 Å². The van der Waals surface area contributed by atoms with Gasteiger partial charge in [0, 0.05) is 25.2 Å². The Hall–Kier alpha value is -1.46. The van der Waals surface area contributed by atoms with Crippen LogP contribution in [0.4, 0.5) is 0 Å². The monoisotopic (exact) mass is 274 g/mol. The number of morpholine rings is 1. The van der Waals surface area contributed by atoms with Gasteiger partial charge in [-0.2, -0.15) is 5.10 Å². The van der Waals surface area contributed by atoms with Crippen molar-refractivity contribution in [2.24, 2.45) is 0 Å². The number of hydrogen-bond acceptors (Lipinski definition) is 4. The van der Waals surface area contributed by atoms with Gasteiger partial charge in [0.1, 0.15) is 6.33 Å². The van der Waals surface area contributed by atoms with Crippen LogP contribution in [0.2, 0.25) is 0 Å². The van der Waals surface area contributed by atoms with Gasteiger partial charge in [-0.05, 0) is 11.5 Å². The van der Waals surface area contributed by atoms with E-state index in [0.717, 1.165) is 38.5 Å². The predicted octanol–water partition coefficient (Wildman–Crippen LogP) is 1.86. The van der Waals surface area contributed by atoms with Crippen molar-refractivity contribution in [3.8, 4) is 0 Å². The number of ether oxygens (including phenoxy) is 1. The molecule has 1 aliphatic rings. The van der Waals surface area contributed by atoms with E-state index < -0.39 is 0 Å². The molecule has 108 valence electrons. The van der Waals surface area contributed by atoms with E-state index in [4.69, 9.17) is 4.74 Å². The summed E-state index contributed by atoms with van der Waals surface area (Å²) < 4.78 is 7.38. The highest BCUT2D eigenvalue weighted by Crippen LogP contribution is 2.26. The van der Waals surface area contributed by atoms with Crippen LogP contribution >= 0.6 is 0 Å². The van der Waals surface area contributed by atoms with Gasteiger partial charge in [-0.3, -0.25) is 4.90 Å². The first kappa shape index (κ1) is 13.5. The van der Waals surface area contributed by atoms with Crippen LogP contribution in [0.5, 0.6) is 0 Å². The molecule has 1 aliphatic heterocycles. The summed E-state index contributed by atoms with van der Waals surface area (Å²) in [6.07, 6.45) is 1.65. The lowest BCUT2D eigenvalue weighted by atomic mass is 9.87. The molecule has 0 spiro atoms. The van der Waals surface area contributed by atoms with Crippen molar-refractivity contribution in [1.29, 1.82) is 0 Å². The topological polar surface area (TPSA) is 42.7 Å². The van der Waals surface area contributed by atoms with Gasteiger partial charge in [0.2, 0.25) is 0 Å². The second-order valence-corrected chi connectivity index (χ2v) is 6.37. The number of fused-ring (bicyclic) bond motifs is 1. The Morgan fingerprint density at radius 2 is 1.95 bits per heavy atom. The highest BCUT2D eigenvalue weighted by Gasteiger charge is 2.20. The van der Waals surface area contributed by atoms with Crippen LogP contribution in [0.3, 0.4) is 0 Å². The third-order valence-corrected chi connectivity index (χ3v) is 3.80. The first-order valence-electron chi connectivity index (χ1n) is 7.18. The molecule has 3 rings (SSSR count). The summed E-state index contributed by atoms with van der Waals surface area (Å²) in [5.74, 6) is 0. The second kappa shape index (κ2) is 5.14. The number of pyridine rings is 1. The standard InChI is InChI=1S/C15H22N4O/c1-15(2,3)13-5-4-12(19-14(13)16-11-17-19)10-18-6-8-20-9-7-18/h4-5,11H,6-10H2,1-3H3. The highest BCUT2D eigenvalue weighted by molar-refractivity contribution is 5.51. The quantitative estimate of drug-likeness (QED) is 0.838. The van der Waals surface area contributed by atoms with E-state index in [1.807, 2.05) is 4.52 Å². The average molecular weight is 274 g/mol. The van der Waals surface area contributed by atoms with Gasteiger partial charge in [-0.25, -0.2) is 9.50 Å². The van der Waals surface area contributed by atoms with Crippen LogP contribution in [-0.2, 0) is 16.7 Å². The second-order valence-electron chi connectivity index (χ2n) is 6.37. The van der Waals surface area contributed by atoms with E-state index in [2.05, 4.69) is 47.9 Å². The summed E-state index contributed by atoms with van der Waals surface area (Å²) in [6.45, 7) is 11.1. The van der Waals surface area contributed by atoms with Gasteiger partial charge < -0.3 is 4.74 Å². The fourth-order valence-electron chi connectivity index (χ4n) is 2.65. The van der Waals surface area contributed by atoms with Crippen molar-refractivity contribution in [1.82, 2.24) is 19.5 Å². The lowest BCUT2D eigenvalue weighted by Gasteiger charge is -2.27. The van der Waals surface area contributed by atoms with Crippen LogP contribution in [0.1, 0.15) is 32.0 Å². The summed E-state index contributed by atoms with van der Waals surface area (Å²) in [6, 6.07) is 4.37. The summed E-state index contributed by atoms with van der Waals surface area (Å²) in [4.78, 5) is 6.85. The van der Waals surface area contributed by atoms with Crippen molar-refractivity contribution < 1.29 is 4.74 Å². The predicted molar refractivity (Wildman–Crippen MR) is 77.8 cm³/mol. The first-order valence-corrected chi connectivity index (χ1v) is 7.18. The Balaban J connectivity index is 1.94. The number of hydrogen-bond donors (Lipinski definition) is 0. The van der Waals surface area contributed by atoms with E-state index in [1.54, 1.807) is 6.33 Å². The third-order valence-electron chi connectivity index (χ3n) is 3.80. The van der Waals surface area contributed by atoms with Gasteiger partial charge in [0.05, 0.1) is 18.9 Å². The minimum atomic E-state index is 0.0752. The molecule has 0 saturated carbocycles. The lowest BCUT2D eigenvalue weighted by Crippen LogP contribution is -2.36. The molecule has 0 bridgehead atoms. The first-order chi connectivity index (χ1) is 9.55. The SMILES string of the molecule is CC(C)(C)c1ccc(CN2CCOCC2)n2ncnc12.